The van der Waals surface area contributed by atoms with Gasteiger partial charge in [-0.25, -0.2) is 0 Å². The van der Waals surface area contributed by atoms with E-state index in [4.69, 9.17) is 0 Å². The Morgan fingerprint density at radius 2 is 0.667 bits per heavy atom. The number of phenolic OH excluding ortho intramolecular Hbond substituents is 4. The number of hydrogen-bond acceptors (Lipinski definition) is 4. The summed E-state index contributed by atoms with van der Waals surface area (Å²) in [6.45, 7) is 0. The number of rotatable bonds is 0. The fourth-order valence-electron chi connectivity index (χ4n) is 4.06. The first-order chi connectivity index (χ1) is 15.5. The minimum Gasteiger partial charge on any atom is -0.504 e. The van der Waals surface area contributed by atoms with Gasteiger partial charge in [0.15, 0.2) is 23.0 Å². The van der Waals surface area contributed by atoms with E-state index in [2.05, 4.69) is 0 Å². The van der Waals surface area contributed by atoms with Crippen LogP contribution in [-0.4, -0.2) is 20.4 Å². The first-order valence-corrected chi connectivity index (χ1v) is 10.2. The molecule has 160 valence electrons. The van der Waals surface area contributed by atoms with Crippen LogP contribution in [0.25, 0.3) is 43.1 Å². The molecule has 0 saturated carbocycles. The van der Waals surface area contributed by atoms with Gasteiger partial charge in [-0.05, 0) is 67.4 Å². The fraction of sp³-hybridized carbons (Fsp3) is 0. The van der Waals surface area contributed by atoms with Gasteiger partial charge in [-0.2, -0.15) is 0 Å². The number of benzene rings is 6. The van der Waals surface area contributed by atoms with Crippen molar-refractivity contribution in [2.24, 2.45) is 0 Å². The van der Waals surface area contributed by atoms with Crippen molar-refractivity contribution in [3.05, 3.63) is 97.1 Å². The number of phenols is 4. The zero-order valence-electron chi connectivity index (χ0n) is 17.5. The van der Waals surface area contributed by atoms with E-state index in [1.807, 2.05) is 72.8 Å². The van der Waals surface area contributed by atoms with Gasteiger partial charge in [0.05, 0.1) is 0 Å². The van der Waals surface area contributed by atoms with Gasteiger partial charge in [0.25, 0.3) is 0 Å². The van der Waals surface area contributed by atoms with Crippen LogP contribution in [0.5, 0.6) is 23.0 Å². The van der Waals surface area contributed by atoms with Crippen LogP contribution < -0.4 is 0 Å². The summed E-state index contributed by atoms with van der Waals surface area (Å²) in [5.74, 6) is -0.321. The van der Waals surface area contributed by atoms with E-state index >= 15 is 0 Å². The molecule has 0 aliphatic rings. The number of fused-ring (bicyclic) bond motifs is 6. The van der Waals surface area contributed by atoms with Crippen molar-refractivity contribution in [3.8, 4) is 23.0 Å². The van der Waals surface area contributed by atoms with Crippen molar-refractivity contribution in [2.45, 2.75) is 0 Å². The molecule has 0 unspecified atom stereocenters. The molecule has 0 bridgehead atoms. The minimum atomic E-state index is -0.0808. The van der Waals surface area contributed by atoms with Crippen molar-refractivity contribution in [2.75, 3.05) is 0 Å². The Hall–Kier alpha value is -3.56. The first kappa shape index (κ1) is 22.6. The largest absolute Gasteiger partial charge is 0.504 e. The molecule has 4 N–H and O–H groups in total. The van der Waals surface area contributed by atoms with E-state index in [9.17, 15) is 20.4 Å². The van der Waals surface area contributed by atoms with Crippen LogP contribution in [-0.2, 0) is 26.2 Å². The Morgan fingerprint density at radius 1 is 0.333 bits per heavy atom. The van der Waals surface area contributed by atoms with E-state index in [0.29, 0.717) is 0 Å². The molecule has 0 aliphatic heterocycles. The third-order valence-electron chi connectivity index (χ3n) is 5.68. The van der Waals surface area contributed by atoms with Crippen molar-refractivity contribution in [1.82, 2.24) is 0 Å². The molecule has 0 amide bonds. The van der Waals surface area contributed by atoms with Crippen molar-refractivity contribution in [1.29, 1.82) is 0 Å². The van der Waals surface area contributed by atoms with Crippen molar-refractivity contribution >= 4 is 43.1 Å². The molecule has 0 atom stereocenters. The molecule has 6 aromatic rings. The van der Waals surface area contributed by atoms with Gasteiger partial charge in [-0.1, -0.05) is 72.8 Å². The van der Waals surface area contributed by atoms with Crippen LogP contribution in [0.3, 0.4) is 0 Å². The first-order valence-electron chi connectivity index (χ1n) is 10.2. The molecular weight excluding hydrogens is 492 g/mol. The second-order valence-corrected chi connectivity index (χ2v) is 7.70. The van der Waals surface area contributed by atoms with Crippen LogP contribution in [0.15, 0.2) is 97.1 Å². The molecule has 0 heterocycles. The van der Waals surface area contributed by atoms with Gasteiger partial charge >= 0.3 is 0 Å². The number of hydrogen-bond donors (Lipinski definition) is 4. The summed E-state index contributed by atoms with van der Waals surface area (Å²) in [6.07, 6.45) is 0. The van der Waals surface area contributed by atoms with Crippen molar-refractivity contribution in [3.63, 3.8) is 0 Å². The summed E-state index contributed by atoms with van der Waals surface area (Å²) in [4.78, 5) is 0. The molecule has 0 fully saturated rings. The number of aromatic hydroxyl groups is 4. The average Bonchev–Trinajstić information content (AvgIpc) is 2.81. The molecule has 0 aromatic heterocycles. The van der Waals surface area contributed by atoms with Gasteiger partial charge in [0.1, 0.15) is 0 Å². The van der Waals surface area contributed by atoms with Crippen LogP contribution in [0.4, 0.5) is 0 Å². The van der Waals surface area contributed by atoms with E-state index in [1.165, 1.54) is 0 Å². The SMILES string of the molecule is Oc1cc2ccc3ccccc3c2cc1O.Oc1cc2ccc3ccccc3c2cc1O.[Zr]. The smallest absolute Gasteiger partial charge is 0.158 e. The summed E-state index contributed by atoms with van der Waals surface area (Å²) in [5, 5.41) is 46.1. The third-order valence-corrected chi connectivity index (χ3v) is 5.68. The standard InChI is InChI=1S/2C14H10O2.Zr/c2*15-13-7-10-6-5-9-3-1-2-4-11(9)12(10)8-14(13)16;/h2*1-8,15-16H;. The second-order valence-electron chi connectivity index (χ2n) is 7.70. The molecule has 0 radical (unpaired) electrons. The zero-order valence-corrected chi connectivity index (χ0v) is 20.0. The summed E-state index contributed by atoms with van der Waals surface area (Å²) in [5.41, 5.74) is 0. The molecule has 0 spiro atoms. The van der Waals surface area contributed by atoms with Gasteiger partial charge in [0.2, 0.25) is 0 Å². The maximum atomic E-state index is 9.53. The Morgan fingerprint density at radius 3 is 1.09 bits per heavy atom. The maximum Gasteiger partial charge on any atom is 0.158 e. The van der Waals surface area contributed by atoms with Gasteiger partial charge < -0.3 is 20.4 Å². The summed E-state index contributed by atoms with van der Waals surface area (Å²) in [7, 11) is 0. The van der Waals surface area contributed by atoms with E-state index in [1.54, 1.807) is 24.3 Å². The van der Waals surface area contributed by atoms with Gasteiger partial charge in [0, 0.05) is 26.2 Å². The average molecular weight is 512 g/mol. The zero-order chi connectivity index (χ0) is 22.2. The monoisotopic (exact) mass is 510 g/mol. The molecule has 33 heavy (non-hydrogen) atoms. The van der Waals surface area contributed by atoms with E-state index in [0.717, 1.165) is 43.1 Å². The maximum absolute atomic E-state index is 9.53. The Balaban J connectivity index is 0.000000152. The quantitative estimate of drug-likeness (QED) is 0.133. The van der Waals surface area contributed by atoms with Crippen LogP contribution in [0.1, 0.15) is 0 Å². The summed E-state index contributed by atoms with van der Waals surface area (Å²) in [6, 6.07) is 30.2. The van der Waals surface area contributed by atoms with Crippen LogP contribution >= 0.6 is 0 Å². The topological polar surface area (TPSA) is 80.9 Å². The summed E-state index contributed by atoms with van der Waals surface area (Å²) >= 11 is 0. The normalized spacial score (nSPS) is 10.7. The predicted molar refractivity (Wildman–Crippen MR) is 130 cm³/mol. The molecule has 0 aliphatic carbocycles. The minimum absolute atomic E-state index is 0. The predicted octanol–water partition coefficient (Wildman–Crippen LogP) is 6.81. The fourth-order valence-corrected chi connectivity index (χ4v) is 4.06. The van der Waals surface area contributed by atoms with Gasteiger partial charge in [-0.3, -0.25) is 0 Å². The van der Waals surface area contributed by atoms with E-state index in [-0.39, 0.29) is 49.2 Å². The molecular formula is C28H20O4Zr. The third kappa shape index (κ3) is 4.25. The van der Waals surface area contributed by atoms with E-state index < -0.39 is 0 Å². The molecule has 6 aromatic carbocycles. The molecule has 4 nitrogen and oxygen atoms in total. The van der Waals surface area contributed by atoms with Crippen molar-refractivity contribution < 1.29 is 46.6 Å². The molecule has 5 heteroatoms. The molecule has 0 saturated heterocycles. The van der Waals surface area contributed by atoms with Gasteiger partial charge in [-0.15, -0.1) is 0 Å². The second kappa shape index (κ2) is 9.13. The van der Waals surface area contributed by atoms with Crippen LogP contribution in [0.2, 0.25) is 0 Å². The Labute approximate surface area is 209 Å². The molecule has 6 rings (SSSR count). The summed E-state index contributed by atoms with van der Waals surface area (Å²) < 4.78 is 0. The Bertz CT molecular complexity index is 1500. The Kier molecular flexibility index (Phi) is 6.26. The van der Waals surface area contributed by atoms with Crippen LogP contribution in [0, 0.1) is 0 Å².